The van der Waals surface area contributed by atoms with Crippen molar-refractivity contribution in [3.05, 3.63) is 22.2 Å². The van der Waals surface area contributed by atoms with Crippen molar-refractivity contribution in [2.45, 2.75) is 32.6 Å². The van der Waals surface area contributed by atoms with E-state index in [0.29, 0.717) is 6.54 Å². The molecule has 1 heterocycles. The predicted octanol–water partition coefficient (Wildman–Crippen LogP) is 2.04. The highest BCUT2D eigenvalue weighted by molar-refractivity contribution is 9.10. The van der Waals surface area contributed by atoms with E-state index in [1.165, 1.54) is 0 Å². The molecule has 0 aromatic carbocycles. The van der Waals surface area contributed by atoms with Crippen LogP contribution in [0.25, 0.3) is 0 Å². The minimum absolute atomic E-state index is 0.0207. The van der Waals surface area contributed by atoms with E-state index in [4.69, 9.17) is 5.73 Å². The molecule has 78 valence electrons. The maximum absolute atomic E-state index is 5.49. The molecule has 4 heteroatoms. The predicted molar refractivity (Wildman–Crippen MR) is 61.2 cm³/mol. The van der Waals surface area contributed by atoms with Crippen LogP contribution >= 0.6 is 15.9 Å². The lowest BCUT2D eigenvalue weighted by Crippen LogP contribution is -2.18. The molecule has 0 saturated heterocycles. The second-order valence-electron chi connectivity index (χ2n) is 4.29. The Hall–Kier alpha value is -0.480. The fourth-order valence-electron chi connectivity index (χ4n) is 1.08. The summed E-state index contributed by atoms with van der Waals surface area (Å²) in [6.45, 7) is 6.91. The van der Waals surface area contributed by atoms with Crippen molar-refractivity contribution in [3.63, 3.8) is 0 Å². The Morgan fingerprint density at radius 3 is 2.50 bits per heavy atom. The summed E-state index contributed by atoms with van der Waals surface area (Å²) in [5.41, 5.74) is 6.47. The van der Waals surface area contributed by atoms with Crippen LogP contribution in [0.4, 0.5) is 0 Å². The lowest BCUT2D eigenvalue weighted by Gasteiger charge is -2.17. The summed E-state index contributed by atoms with van der Waals surface area (Å²) in [7, 11) is 0. The molecule has 1 rings (SSSR count). The first kappa shape index (κ1) is 11.6. The summed E-state index contributed by atoms with van der Waals surface area (Å²) in [5, 5.41) is 0. The number of aromatic nitrogens is 2. The third kappa shape index (κ3) is 3.03. The zero-order valence-corrected chi connectivity index (χ0v) is 10.4. The van der Waals surface area contributed by atoms with Crippen LogP contribution in [0, 0.1) is 0 Å². The van der Waals surface area contributed by atoms with E-state index < -0.39 is 0 Å². The van der Waals surface area contributed by atoms with Crippen LogP contribution in [0.2, 0.25) is 0 Å². The molecule has 0 spiro atoms. The van der Waals surface area contributed by atoms with E-state index >= 15 is 0 Å². The summed E-state index contributed by atoms with van der Waals surface area (Å²) in [4.78, 5) is 8.83. The Morgan fingerprint density at radius 1 is 1.36 bits per heavy atom. The Morgan fingerprint density at radius 2 is 2.00 bits per heavy atom. The first-order chi connectivity index (χ1) is 6.43. The summed E-state index contributed by atoms with van der Waals surface area (Å²) in [6.07, 6.45) is 0.796. The van der Waals surface area contributed by atoms with Crippen LogP contribution in [0.1, 0.15) is 32.3 Å². The number of hydrogen-bond acceptors (Lipinski definition) is 3. The fraction of sp³-hybridized carbons (Fsp3) is 0.600. The molecular weight excluding hydrogens is 242 g/mol. The third-order valence-corrected chi connectivity index (χ3v) is 2.23. The van der Waals surface area contributed by atoms with Gasteiger partial charge in [-0.2, -0.15) is 0 Å². The highest BCUT2D eigenvalue weighted by Gasteiger charge is 2.18. The monoisotopic (exact) mass is 257 g/mol. The van der Waals surface area contributed by atoms with Crippen LogP contribution in [0.3, 0.4) is 0 Å². The number of nitrogens with two attached hydrogens (primary N) is 1. The van der Waals surface area contributed by atoms with E-state index in [0.717, 1.165) is 22.5 Å². The summed E-state index contributed by atoms with van der Waals surface area (Å²) < 4.78 is 0.834. The Bertz CT molecular complexity index is 318. The quantitative estimate of drug-likeness (QED) is 0.826. The lowest BCUT2D eigenvalue weighted by molar-refractivity contribution is 0.539. The molecule has 0 unspecified atom stereocenters. The van der Waals surface area contributed by atoms with Gasteiger partial charge in [0.2, 0.25) is 0 Å². The van der Waals surface area contributed by atoms with E-state index in [2.05, 4.69) is 46.7 Å². The molecule has 0 aliphatic carbocycles. The third-order valence-electron chi connectivity index (χ3n) is 1.82. The molecule has 0 atom stereocenters. The average Bonchev–Trinajstić information content (AvgIpc) is 2.02. The molecular formula is C10H16BrN3. The first-order valence-electron chi connectivity index (χ1n) is 4.67. The SMILES string of the molecule is CC(C)(C)c1nc(Br)cc(CCN)n1. The van der Waals surface area contributed by atoms with Crippen LogP contribution in [-0.4, -0.2) is 16.5 Å². The fourth-order valence-corrected chi connectivity index (χ4v) is 1.51. The summed E-state index contributed by atoms with van der Waals surface area (Å²) in [6, 6.07) is 1.92. The number of rotatable bonds is 2. The Balaban J connectivity index is 3.07. The molecule has 2 N–H and O–H groups in total. The largest absolute Gasteiger partial charge is 0.330 e. The van der Waals surface area contributed by atoms with Gasteiger partial charge in [-0.05, 0) is 28.5 Å². The van der Waals surface area contributed by atoms with Crippen LogP contribution in [-0.2, 0) is 11.8 Å². The van der Waals surface area contributed by atoms with E-state index in [9.17, 15) is 0 Å². The molecule has 1 aromatic rings. The summed E-state index contributed by atoms with van der Waals surface area (Å²) >= 11 is 3.38. The van der Waals surface area contributed by atoms with E-state index in [1.807, 2.05) is 6.07 Å². The second-order valence-corrected chi connectivity index (χ2v) is 5.11. The lowest BCUT2D eigenvalue weighted by atomic mass is 9.95. The molecule has 14 heavy (non-hydrogen) atoms. The van der Waals surface area contributed by atoms with Gasteiger partial charge in [-0.1, -0.05) is 20.8 Å². The minimum atomic E-state index is -0.0207. The van der Waals surface area contributed by atoms with E-state index in [-0.39, 0.29) is 5.41 Å². The molecule has 0 fully saturated rings. The van der Waals surface area contributed by atoms with Gasteiger partial charge < -0.3 is 5.73 Å². The van der Waals surface area contributed by atoms with Gasteiger partial charge in [0.05, 0.1) is 0 Å². The van der Waals surface area contributed by atoms with Crippen LogP contribution in [0.5, 0.6) is 0 Å². The first-order valence-corrected chi connectivity index (χ1v) is 5.47. The maximum Gasteiger partial charge on any atom is 0.135 e. The molecule has 0 saturated carbocycles. The van der Waals surface area contributed by atoms with Crippen molar-refractivity contribution >= 4 is 15.9 Å². The maximum atomic E-state index is 5.49. The second kappa shape index (κ2) is 4.36. The number of nitrogens with zero attached hydrogens (tertiary/aromatic N) is 2. The van der Waals surface area contributed by atoms with Crippen molar-refractivity contribution in [1.82, 2.24) is 9.97 Å². The zero-order chi connectivity index (χ0) is 10.8. The van der Waals surface area contributed by atoms with Crippen molar-refractivity contribution in [1.29, 1.82) is 0 Å². The molecule has 0 aliphatic heterocycles. The molecule has 0 aliphatic rings. The standard InChI is InChI=1S/C10H16BrN3/c1-10(2,3)9-13-7(4-5-12)6-8(11)14-9/h6H,4-5,12H2,1-3H3. The van der Waals surface area contributed by atoms with Gasteiger partial charge >= 0.3 is 0 Å². The summed E-state index contributed by atoms with van der Waals surface area (Å²) in [5.74, 6) is 0.857. The highest BCUT2D eigenvalue weighted by atomic mass is 79.9. The molecule has 0 bridgehead atoms. The van der Waals surface area contributed by atoms with Crippen LogP contribution < -0.4 is 5.73 Å². The van der Waals surface area contributed by atoms with Crippen molar-refractivity contribution in [3.8, 4) is 0 Å². The molecule has 1 aromatic heterocycles. The van der Waals surface area contributed by atoms with Crippen molar-refractivity contribution in [2.24, 2.45) is 5.73 Å². The topological polar surface area (TPSA) is 51.8 Å². The molecule has 3 nitrogen and oxygen atoms in total. The van der Waals surface area contributed by atoms with Crippen molar-refractivity contribution in [2.75, 3.05) is 6.54 Å². The Labute approximate surface area is 93.3 Å². The average molecular weight is 258 g/mol. The van der Waals surface area contributed by atoms with E-state index in [1.54, 1.807) is 0 Å². The number of halogens is 1. The minimum Gasteiger partial charge on any atom is -0.330 e. The highest BCUT2D eigenvalue weighted by Crippen LogP contribution is 2.20. The number of hydrogen-bond donors (Lipinski definition) is 1. The van der Waals surface area contributed by atoms with Gasteiger partial charge in [-0.25, -0.2) is 9.97 Å². The smallest absolute Gasteiger partial charge is 0.135 e. The molecule has 0 amide bonds. The van der Waals surface area contributed by atoms with Crippen LogP contribution in [0.15, 0.2) is 10.7 Å². The van der Waals surface area contributed by atoms with Gasteiger partial charge in [0.25, 0.3) is 0 Å². The molecule has 0 radical (unpaired) electrons. The van der Waals surface area contributed by atoms with Gasteiger partial charge in [0, 0.05) is 17.5 Å². The van der Waals surface area contributed by atoms with Crippen molar-refractivity contribution < 1.29 is 0 Å². The van der Waals surface area contributed by atoms with Gasteiger partial charge in [0.15, 0.2) is 0 Å². The van der Waals surface area contributed by atoms with Gasteiger partial charge in [-0.3, -0.25) is 0 Å². The van der Waals surface area contributed by atoms with Gasteiger partial charge in [0.1, 0.15) is 10.4 Å². The zero-order valence-electron chi connectivity index (χ0n) is 8.84. The normalized spacial score (nSPS) is 11.8. The van der Waals surface area contributed by atoms with Gasteiger partial charge in [-0.15, -0.1) is 0 Å². The Kier molecular flexibility index (Phi) is 3.61.